The molecule has 7 heteroatoms. The van der Waals surface area contributed by atoms with Crippen LogP contribution in [0.3, 0.4) is 0 Å². The van der Waals surface area contributed by atoms with Gasteiger partial charge < -0.3 is 10.6 Å². The number of nitrogens with zero attached hydrogens (tertiary/aromatic N) is 2. The predicted molar refractivity (Wildman–Crippen MR) is 110 cm³/mol. The molecule has 0 bridgehead atoms. The molecule has 1 aromatic carbocycles. The third kappa shape index (κ3) is 4.29. The topological polar surface area (TPSA) is 81.8 Å². The SMILES string of the molecule is O=C(Nc1ccccc1)C1CCN(CN2C(=O)NC3(CCCCCC3)C2=O)CC1. The lowest BCUT2D eigenvalue weighted by Gasteiger charge is -2.33. The van der Waals surface area contributed by atoms with Crippen LogP contribution >= 0.6 is 0 Å². The smallest absolute Gasteiger partial charge is 0.326 e. The summed E-state index contributed by atoms with van der Waals surface area (Å²) in [4.78, 5) is 41.6. The molecule has 1 saturated carbocycles. The zero-order valence-corrected chi connectivity index (χ0v) is 16.9. The van der Waals surface area contributed by atoms with Gasteiger partial charge in [0, 0.05) is 24.7 Å². The van der Waals surface area contributed by atoms with Gasteiger partial charge in [0.15, 0.2) is 0 Å². The summed E-state index contributed by atoms with van der Waals surface area (Å²) in [5.74, 6) is -0.0562. The van der Waals surface area contributed by atoms with Crippen LogP contribution in [0.15, 0.2) is 30.3 Å². The fourth-order valence-electron chi connectivity index (χ4n) is 4.78. The second-order valence-electron chi connectivity index (χ2n) is 8.55. The van der Waals surface area contributed by atoms with Crippen LogP contribution in [0.5, 0.6) is 0 Å². The van der Waals surface area contributed by atoms with Crippen molar-refractivity contribution < 1.29 is 14.4 Å². The van der Waals surface area contributed by atoms with Crippen LogP contribution in [-0.2, 0) is 9.59 Å². The molecule has 0 unspecified atom stereocenters. The van der Waals surface area contributed by atoms with Crippen molar-refractivity contribution in [3.63, 3.8) is 0 Å². The Morgan fingerprint density at radius 1 is 1.03 bits per heavy atom. The van der Waals surface area contributed by atoms with Gasteiger partial charge in [0.2, 0.25) is 5.91 Å². The number of likely N-dealkylation sites (tertiary alicyclic amines) is 1. The highest BCUT2D eigenvalue weighted by atomic mass is 16.2. The summed E-state index contributed by atoms with van der Waals surface area (Å²) in [5, 5.41) is 5.97. The van der Waals surface area contributed by atoms with Crippen molar-refractivity contribution in [2.75, 3.05) is 25.1 Å². The molecule has 1 spiro atoms. The van der Waals surface area contributed by atoms with Gasteiger partial charge in [-0.2, -0.15) is 0 Å². The Hall–Kier alpha value is -2.41. The number of carbonyl (C=O) groups excluding carboxylic acids is 3. The first-order chi connectivity index (χ1) is 14.1. The fraction of sp³-hybridized carbons (Fsp3) is 0.591. The molecule has 3 aliphatic rings. The van der Waals surface area contributed by atoms with Gasteiger partial charge in [0.05, 0.1) is 6.67 Å². The second kappa shape index (κ2) is 8.53. The van der Waals surface area contributed by atoms with E-state index in [4.69, 9.17) is 0 Å². The van der Waals surface area contributed by atoms with Gasteiger partial charge >= 0.3 is 6.03 Å². The summed E-state index contributed by atoms with van der Waals surface area (Å²) in [6.45, 7) is 1.73. The Bertz CT molecular complexity index is 751. The van der Waals surface area contributed by atoms with Gasteiger partial charge in [-0.1, -0.05) is 43.9 Å². The van der Waals surface area contributed by atoms with Crippen LogP contribution in [0.1, 0.15) is 51.4 Å². The number of carbonyl (C=O) groups is 3. The normalized spacial score (nSPS) is 23.1. The highest BCUT2D eigenvalue weighted by molar-refractivity contribution is 6.07. The van der Waals surface area contributed by atoms with Crippen LogP contribution in [0.4, 0.5) is 10.5 Å². The largest absolute Gasteiger partial charge is 0.326 e. The van der Waals surface area contributed by atoms with Crippen molar-refractivity contribution in [3.05, 3.63) is 30.3 Å². The third-order valence-corrected chi connectivity index (χ3v) is 6.54. The van der Waals surface area contributed by atoms with E-state index >= 15 is 0 Å². The number of anilines is 1. The number of piperidine rings is 1. The van der Waals surface area contributed by atoms with Crippen molar-refractivity contribution in [1.82, 2.24) is 15.1 Å². The fourth-order valence-corrected chi connectivity index (χ4v) is 4.78. The highest BCUT2D eigenvalue weighted by Gasteiger charge is 2.51. The lowest BCUT2D eigenvalue weighted by Crippen LogP contribution is -2.48. The van der Waals surface area contributed by atoms with Gasteiger partial charge in [0.25, 0.3) is 5.91 Å². The number of para-hydroxylation sites is 1. The Morgan fingerprint density at radius 2 is 1.69 bits per heavy atom. The predicted octanol–water partition coefficient (Wildman–Crippen LogP) is 2.94. The summed E-state index contributed by atoms with van der Waals surface area (Å²) >= 11 is 0. The van der Waals surface area contributed by atoms with E-state index < -0.39 is 5.54 Å². The molecule has 0 aromatic heterocycles. The van der Waals surface area contributed by atoms with Crippen LogP contribution in [0, 0.1) is 5.92 Å². The molecule has 2 aliphatic heterocycles. The Labute approximate surface area is 171 Å². The lowest BCUT2D eigenvalue weighted by molar-refractivity contribution is -0.134. The van der Waals surface area contributed by atoms with Gasteiger partial charge in [0.1, 0.15) is 5.54 Å². The number of imide groups is 1. The molecule has 29 heavy (non-hydrogen) atoms. The number of hydrogen-bond donors (Lipinski definition) is 2. The highest BCUT2D eigenvalue weighted by Crippen LogP contribution is 2.33. The molecule has 4 amide bonds. The van der Waals surface area contributed by atoms with Crippen molar-refractivity contribution in [1.29, 1.82) is 0 Å². The molecule has 2 heterocycles. The standard InChI is InChI=1S/C22H30N4O3/c27-19(23-18-8-4-3-5-9-18)17-10-14-25(15-11-17)16-26-20(28)22(24-21(26)29)12-6-1-2-7-13-22/h3-5,8-9,17H,1-2,6-7,10-16H2,(H,23,27)(H,24,29). The van der Waals surface area contributed by atoms with Crippen molar-refractivity contribution in [2.45, 2.75) is 56.9 Å². The molecule has 0 radical (unpaired) electrons. The summed E-state index contributed by atoms with van der Waals surface area (Å²) in [6.07, 6.45) is 7.18. The first-order valence-corrected chi connectivity index (χ1v) is 10.8. The summed E-state index contributed by atoms with van der Waals surface area (Å²) < 4.78 is 0. The Morgan fingerprint density at radius 3 is 2.34 bits per heavy atom. The van der Waals surface area contributed by atoms with E-state index in [0.717, 1.165) is 57.1 Å². The first kappa shape index (κ1) is 19.9. The molecule has 2 saturated heterocycles. The van der Waals surface area contributed by atoms with E-state index in [-0.39, 0.29) is 23.8 Å². The maximum atomic E-state index is 13.0. The van der Waals surface area contributed by atoms with Crippen LogP contribution in [-0.4, -0.2) is 52.9 Å². The maximum Gasteiger partial charge on any atom is 0.326 e. The minimum absolute atomic E-state index is 0.0391. The van der Waals surface area contributed by atoms with Gasteiger partial charge in [-0.3, -0.25) is 14.5 Å². The summed E-state index contributed by atoms with van der Waals surface area (Å²) in [6, 6.07) is 9.22. The number of amides is 4. The molecule has 156 valence electrons. The molecule has 0 atom stereocenters. The first-order valence-electron chi connectivity index (χ1n) is 10.8. The van der Waals surface area contributed by atoms with E-state index in [0.29, 0.717) is 19.8 Å². The van der Waals surface area contributed by atoms with Gasteiger partial charge in [-0.05, 0) is 37.8 Å². The molecular formula is C22H30N4O3. The van der Waals surface area contributed by atoms with E-state index in [9.17, 15) is 14.4 Å². The van der Waals surface area contributed by atoms with Crippen molar-refractivity contribution >= 4 is 23.5 Å². The molecule has 1 aliphatic carbocycles. The maximum absolute atomic E-state index is 13.0. The zero-order valence-electron chi connectivity index (χ0n) is 16.9. The van der Waals surface area contributed by atoms with Crippen LogP contribution in [0.2, 0.25) is 0 Å². The molecule has 4 rings (SSSR count). The Balaban J connectivity index is 1.30. The van der Waals surface area contributed by atoms with Gasteiger partial charge in [-0.15, -0.1) is 0 Å². The number of hydrogen-bond acceptors (Lipinski definition) is 4. The van der Waals surface area contributed by atoms with Crippen LogP contribution in [0.25, 0.3) is 0 Å². The monoisotopic (exact) mass is 398 g/mol. The van der Waals surface area contributed by atoms with Crippen molar-refractivity contribution in [2.24, 2.45) is 5.92 Å². The van der Waals surface area contributed by atoms with E-state index in [1.54, 1.807) is 0 Å². The molecule has 2 N–H and O–H groups in total. The Kier molecular flexibility index (Phi) is 5.85. The molecule has 1 aromatic rings. The minimum atomic E-state index is -0.679. The molecular weight excluding hydrogens is 368 g/mol. The zero-order chi connectivity index (χ0) is 20.3. The average molecular weight is 399 g/mol. The van der Waals surface area contributed by atoms with Gasteiger partial charge in [-0.25, -0.2) is 9.69 Å². The number of benzene rings is 1. The lowest BCUT2D eigenvalue weighted by atomic mass is 9.90. The van der Waals surface area contributed by atoms with E-state index in [1.165, 1.54) is 4.90 Å². The molecule has 3 fully saturated rings. The third-order valence-electron chi connectivity index (χ3n) is 6.54. The number of urea groups is 1. The molecule has 7 nitrogen and oxygen atoms in total. The van der Waals surface area contributed by atoms with E-state index in [2.05, 4.69) is 15.5 Å². The van der Waals surface area contributed by atoms with E-state index in [1.807, 2.05) is 30.3 Å². The quantitative estimate of drug-likeness (QED) is 0.764. The number of nitrogens with one attached hydrogen (secondary N) is 2. The number of rotatable bonds is 4. The van der Waals surface area contributed by atoms with Crippen LogP contribution < -0.4 is 10.6 Å². The summed E-state index contributed by atoms with van der Waals surface area (Å²) in [7, 11) is 0. The average Bonchev–Trinajstić information content (AvgIpc) is 2.89. The summed E-state index contributed by atoms with van der Waals surface area (Å²) in [5.41, 5.74) is 0.134. The minimum Gasteiger partial charge on any atom is -0.326 e. The second-order valence-corrected chi connectivity index (χ2v) is 8.55. The van der Waals surface area contributed by atoms with Crippen molar-refractivity contribution in [3.8, 4) is 0 Å².